The van der Waals surface area contributed by atoms with Crippen molar-refractivity contribution in [1.29, 1.82) is 0 Å². The summed E-state index contributed by atoms with van der Waals surface area (Å²) in [5, 5.41) is 20.5. The number of thiocarbonyl (C=S) groups is 1. The van der Waals surface area contributed by atoms with Crippen molar-refractivity contribution in [3.05, 3.63) is 28.7 Å². The van der Waals surface area contributed by atoms with Crippen LogP contribution in [0, 0.1) is 0 Å². The van der Waals surface area contributed by atoms with Crippen molar-refractivity contribution in [3.8, 4) is 11.5 Å². The summed E-state index contributed by atoms with van der Waals surface area (Å²) in [5.41, 5.74) is 0.622. The molecule has 1 N–H and O–H groups in total. The molecule has 1 saturated heterocycles. The highest BCUT2D eigenvalue weighted by Gasteiger charge is 2.35. The summed E-state index contributed by atoms with van der Waals surface area (Å²) in [5.74, 6) is -1.60. The Morgan fingerprint density at radius 1 is 1.55 bits per heavy atom. The van der Waals surface area contributed by atoms with Gasteiger partial charge < -0.3 is 19.7 Å². The van der Waals surface area contributed by atoms with Gasteiger partial charge in [-0.3, -0.25) is 9.69 Å². The zero-order chi connectivity index (χ0) is 16.4. The van der Waals surface area contributed by atoms with E-state index >= 15 is 0 Å². The second-order valence-corrected chi connectivity index (χ2v) is 6.15. The molecule has 0 saturated carbocycles. The van der Waals surface area contributed by atoms with Crippen LogP contribution in [0.15, 0.2) is 23.1 Å². The number of carbonyl (C=O) groups is 2. The first-order valence-electron chi connectivity index (χ1n) is 6.20. The zero-order valence-corrected chi connectivity index (χ0v) is 13.4. The third-order valence-corrected chi connectivity index (χ3v) is 4.38. The Kier molecular flexibility index (Phi) is 4.72. The van der Waals surface area contributed by atoms with Gasteiger partial charge in [-0.2, -0.15) is 0 Å². The van der Waals surface area contributed by atoms with Gasteiger partial charge in [-0.05, 0) is 30.7 Å². The fourth-order valence-corrected chi connectivity index (χ4v) is 3.27. The minimum absolute atomic E-state index is 0.0160. The minimum Gasteiger partial charge on any atom is -0.548 e. The van der Waals surface area contributed by atoms with Gasteiger partial charge in [-0.1, -0.05) is 30.0 Å². The van der Waals surface area contributed by atoms with Crippen LogP contribution < -0.4 is 9.84 Å². The van der Waals surface area contributed by atoms with Gasteiger partial charge in [0.05, 0.1) is 24.0 Å². The molecule has 1 aliphatic rings. The van der Waals surface area contributed by atoms with E-state index in [1.54, 1.807) is 18.2 Å². The number of methoxy groups -OCH3 is 1. The van der Waals surface area contributed by atoms with Gasteiger partial charge in [0, 0.05) is 0 Å². The number of carboxylic acid groups (broad SMARTS) is 1. The number of hydrogen-bond donors (Lipinski definition) is 1. The smallest absolute Gasteiger partial charge is 0.266 e. The van der Waals surface area contributed by atoms with Gasteiger partial charge in [-0.15, -0.1) is 0 Å². The normalized spacial score (nSPS) is 17.9. The van der Waals surface area contributed by atoms with Crippen LogP contribution in [0.3, 0.4) is 0 Å². The number of amides is 1. The van der Waals surface area contributed by atoms with Crippen molar-refractivity contribution in [2.45, 2.75) is 13.0 Å². The van der Waals surface area contributed by atoms with Gasteiger partial charge in [0.2, 0.25) is 0 Å². The third-order valence-electron chi connectivity index (χ3n) is 3.05. The highest BCUT2D eigenvalue weighted by molar-refractivity contribution is 8.26. The number of ether oxygens (including phenoxy) is 1. The second kappa shape index (κ2) is 6.37. The van der Waals surface area contributed by atoms with Gasteiger partial charge in [0.1, 0.15) is 4.32 Å². The van der Waals surface area contributed by atoms with Crippen LogP contribution in [0.1, 0.15) is 12.5 Å². The van der Waals surface area contributed by atoms with E-state index in [2.05, 4.69) is 0 Å². The fourth-order valence-electron chi connectivity index (χ4n) is 1.85. The minimum atomic E-state index is -1.37. The number of phenolic OH excluding ortho intramolecular Hbond substituents is 1. The molecule has 0 radical (unpaired) electrons. The molecule has 1 amide bonds. The van der Waals surface area contributed by atoms with Crippen LogP contribution in [0.2, 0.25) is 0 Å². The summed E-state index contributed by atoms with van der Waals surface area (Å²) in [6.45, 7) is 1.34. The Morgan fingerprint density at radius 3 is 2.82 bits per heavy atom. The number of benzene rings is 1. The Balaban J connectivity index is 2.32. The molecule has 1 atom stereocenters. The van der Waals surface area contributed by atoms with E-state index in [0.29, 0.717) is 10.5 Å². The Morgan fingerprint density at radius 2 is 2.23 bits per heavy atom. The lowest BCUT2D eigenvalue weighted by molar-refractivity contribution is -0.309. The maximum Gasteiger partial charge on any atom is 0.266 e. The molecule has 0 aliphatic carbocycles. The molecule has 0 bridgehead atoms. The number of nitrogens with zero attached hydrogens (tertiary/aromatic N) is 1. The van der Waals surface area contributed by atoms with Crippen LogP contribution in [-0.2, 0) is 9.59 Å². The van der Waals surface area contributed by atoms with Crippen LogP contribution in [0.25, 0.3) is 6.08 Å². The van der Waals surface area contributed by atoms with Crippen molar-refractivity contribution in [1.82, 2.24) is 4.90 Å². The highest BCUT2D eigenvalue weighted by Crippen LogP contribution is 2.35. The molecule has 0 aromatic heterocycles. The van der Waals surface area contributed by atoms with E-state index in [9.17, 15) is 19.8 Å². The molecular formula is C14H12NO5S2-. The molecule has 1 fully saturated rings. The number of carboxylic acids is 1. The summed E-state index contributed by atoms with van der Waals surface area (Å²) >= 11 is 6.06. The Labute approximate surface area is 136 Å². The predicted octanol–water partition coefficient (Wildman–Crippen LogP) is 0.740. The van der Waals surface area contributed by atoms with Gasteiger partial charge in [0.15, 0.2) is 11.5 Å². The molecule has 0 unspecified atom stereocenters. The Bertz CT molecular complexity index is 686. The van der Waals surface area contributed by atoms with E-state index in [0.717, 1.165) is 16.7 Å². The molecule has 8 heteroatoms. The second-order valence-electron chi connectivity index (χ2n) is 4.48. The third kappa shape index (κ3) is 3.07. The standard InChI is InChI=1S/C14H13NO5S2/c1-7(13(18)19)15-12(17)11(22-14(15)21)6-8-3-4-9(16)10(5-8)20-2/h3-7,16H,1-2H3,(H,18,19)/p-1/b11-6+/t7-/m0/s1. The van der Waals surface area contributed by atoms with Gasteiger partial charge >= 0.3 is 0 Å². The van der Waals surface area contributed by atoms with E-state index in [1.807, 2.05) is 0 Å². The molecule has 1 aromatic carbocycles. The summed E-state index contributed by atoms with van der Waals surface area (Å²) in [6, 6.07) is 3.47. The van der Waals surface area contributed by atoms with Crippen molar-refractivity contribution < 1.29 is 24.5 Å². The lowest BCUT2D eigenvalue weighted by Crippen LogP contribution is -2.48. The summed E-state index contributed by atoms with van der Waals surface area (Å²) in [4.78, 5) is 24.5. The fraction of sp³-hybridized carbons (Fsp3) is 0.214. The average molecular weight is 338 g/mol. The summed E-state index contributed by atoms with van der Waals surface area (Å²) in [6.07, 6.45) is 1.56. The average Bonchev–Trinajstić information content (AvgIpc) is 2.74. The first-order valence-corrected chi connectivity index (χ1v) is 7.42. The van der Waals surface area contributed by atoms with Crippen molar-refractivity contribution in [2.24, 2.45) is 0 Å². The van der Waals surface area contributed by atoms with Gasteiger partial charge in [0.25, 0.3) is 5.91 Å². The molecule has 22 heavy (non-hydrogen) atoms. The molecule has 6 nitrogen and oxygen atoms in total. The number of hydrogen-bond acceptors (Lipinski definition) is 7. The molecule has 1 aromatic rings. The molecule has 1 aliphatic heterocycles. The largest absolute Gasteiger partial charge is 0.548 e. The number of thioether (sulfide) groups is 1. The van der Waals surface area contributed by atoms with Gasteiger partial charge in [-0.25, -0.2) is 0 Å². The van der Waals surface area contributed by atoms with Crippen LogP contribution in [0.5, 0.6) is 11.5 Å². The van der Waals surface area contributed by atoms with Crippen molar-refractivity contribution >= 4 is 46.3 Å². The number of phenols is 1. The molecule has 0 spiro atoms. The lowest BCUT2D eigenvalue weighted by atomic mass is 10.2. The van der Waals surface area contributed by atoms with Crippen molar-refractivity contribution in [2.75, 3.05) is 7.11 Å². The summed E-state index contributed by atoms with van der Waals surface area (Å²) < 4.78 is 5.16. The number of aliphatic carboxylic acids is 1. The van der Waals surface area contributed by atoms with Crippen LogP contribution in [-0.4, -0.2) is 39.4 Å². The first kappa shape index (κ1) is 16.3. The van der Waals surface area contributed by atoms with E-state index in [-0.39, 0.29) is 15.8 Å². The molecule has 116 valence electrons. The highest BCUT2D eigenvalue weighted by atomic mass is 32.2. The molecular weight excluding hydrogens is 326 g/mol. The molecule has 2 rings (SSSR count). The van der Waals surface area contributed by atoms with Crippen LogP contribution >= 0.6 is 24.0 Å². The number of rotatable bonds is 4. The van der Waals surface area contributed by atoms with E-state index < -0.39 is 17.9 Å². The maximum absolute atomic E-state index is 12.3. The maximum atomic E-state index is 12.3. The lowest BCUT2D eigenvalue weighted by Gasteiger charge is -2.23. The quantitative estimate of drug-likeness (QED) is 0.640. The van der Waals surface area contributed by atoms with Crippen molar-refractivity contribution in [3.63, 3.8) is 0 Å². The Hall–Kier alpha value is -2.06. The number of aromatic hydroxyl groups is 1. The van der Waals surface area contributed by atoms with Crippen LogP contribution in [0.4, 0.5) is 0 Å². The van der Waals surface area contributed by atoms with E-state index in [1.165, 1.54) is 20.1 Å². The summed E-state index contributed by atoms with van der Waals surface area (Å²) in [7, 11) is 1.42. The monoisotopic (exact) mass is 338 g/mol. The first-order chi connectivity index (χ1) is 10.3. The van der Waals surface area contributed by atoms with E-state index in [4.69, 9.17) is 17.0 Å². The molecule has 1 heterocycles. The topological polar surface area (TPSA) is 89.9 Å². The predicted molar refractivity (Wildman–Crippen MR) is 84.1 cm³/mol. The zero-order valence-electron chi connectivity index (χ0n) is 11.7. The SMILES string of the molecule is COc1cc(/C=C2/SC(=S)N([C@@H](C)C(=O)[O-])C2=O)ccc1O. The number of carbonyl (C=O) groups excluding carboxylic acids is 2.